The lowest BCUT2D eigenvalue weighted by molar-refractivity contribution is -0.0561. The highest BCUT2D eigenvalue weighted by Gasteiger charge is 2.38. The van der Waals surface area contributed by atoms with E-state index >= 15 is 0 Å². The largest absolute Gasteiger partial charge is 0.327 e. The van der Waals surface area contributed by atoms with E-state index in [9.17, 15) is 8.78 Å². The van der Waals surface area contributed by atoms with Gasteiger partial charge in [-0.2, -0.15) is 0 Å². The molecule has 0 bridgehead atoms. The highest BCUT2D eigenvalue weighted by Crippen LogP contribution is 2.38. The van der Waals surface area contributed by atoms with Crippen LogP contribution in [0.25, 0.3) is 0 Å². The molecule has 1 aromatic heterocycles. The van der Waals surface area contributed by atoms with Crippen LogP contribution in [-0.4, -0.2) is 16.9 Å². The van der Waals surface area contributed by atoms with Crippen LogP contribution < -0.4 is 5.73 Å². The van der Waals surface area contributed by atoms with Crippen molar-refractivity contribution in [1.29, 1.82) is 0 Å². The van der Waals surface area contributed by atoms with Crippen molar-refractivity contribution >= 4 is 0 Å². The number of hydrogen-bond donors (Lipinski definition) is 1. The molecule has 2 atom stereocenters. The third kappa shape index (κ3) is 3.46. The molecular weight excluding hydrogens is 222 g/mol. The van der Waals surface area contributed by atoms with Gasteiger partial charge in [0.2, 0.25) is 5.92 Å². The van der Waals surface area contributed by atoms with E-state index in [4.69, 9.17) is 5.73 Å². The molecule has 0 aromatic carbocycles. The summed E-state index contributed by atoms with van der Waals surface area (Å²) in [6, 6.07) is 3.59. The predicted octanol–water partition coefficient (Wildman–Crippen LogP) is 2.78. The summed E-state index contributed by atoms with van der Waals surface area (Å²) >= 11 is 0. The molecule has 17 heavy (non-hydrogen) atoms. The topological polar surface area (TPSA) is 38.9 Å². The van der Waals surface area contributed by atoms with Crippen LogP contribution >= 0.6 is 0 Å². The molecule has 0 amide bonds. The molecule has 2 nitrogen and oxygen atoms in total. The van der Waals surface area contributed by atoms with Gasteiger partial charge in [0, 0.05) is 31.3 Å². The number of rotatable bonds is 3. The van der Waals surface area contributed by atoms with Crippen molar-refractivity contribution in [3.05, 3.63) is 30.1 Å². The number of aromatic nitrogens is 1. The Labute approximate surface area is 100 Å². The summed E-state index contributed by atoms with van der Waals surface area (Å²) in [7, 11) is 0. The van der Waals surface area contributed by atoms with Crippen molar-refractivity contribution < 1.29 is 8.78 Å². The molecule has 0 aliphatic heterocycles. The van der Waals surface area contributed by atoms with E-state index in [2.05, 4.69) is 4.98 Å². The zero-order chi connectivity index (χ0) is 12.3. The van der Waals surface area contributed by atoms with Gasteiger partial charge in [-0.3, -0.25) is 4.98 Å². The molecular formula is C13H18F2N2. The molecule has 0 spiro atoms. The molecule has 1 aromatic rings. The van der Waals surface area contributed by atoms with Gasteiger partial charge < -0.3 is 5.73 Å². The van der Waals surface area contributed by atoms with Crippen LogP contribution in [-0.2, 0) is 6.42 Å². The monoisotopic (exact) mass is 240 g/mol. The van der Waals surface area contributed by atoms with E-state index in [0.717, 1.165) is 12.0 Å². The second kappa shape index (κ2) is 5.08. The van der Waals surface area contributed by atoms with Crippen LogP contribution in [0.5, 0.6) is 0 Å². The van der Waals surface area contributed by atoms with E-state index in [1.165, 1.54) is 0 Å². The van der Waals surface area contributed by atoms with E-state index < -0.39 is 5.92 Å². The molecule has 94 valence electrons. The quantitative estimate of drug-likeness (QED) is 0.882. The third-order valence-corrected chi connectivity index (χ3v) is 3.48. The van der Waals surface area contributed by atoms with Gasteiger partial charge >= 0.3 is 0 Å². The summed E-state index contributed by atoms with van der Waals surface area (Å²) in [5, 5.41) is 0. The van der Waals surface area contributed by atoms with Gasteiger partial charge in [-0.1, -0.05) is 6.07 Å². The molecule has 1 heterocycles. The Hall–Kier alpha value is -1.03. The third-order valence-electron chi connectivity index (χ3n) is 3.48. The summed E-state index contributed by atoms with van der Waals surface area (Å²) in [5.74, 6) is -2.59. The Morgan fingerprint density at radius 2 is 2.35 bits per heavy atom. The first-order chi connectivity index (χ1) is 8.07. The Morgan fingerprint density at radius 1 is 1.53 bits per heavy atom. The van der Waals surface area contributed by atoms with Crippen LogP contribution in [0.1, 0.15) is 31.2 Å². The van der Waals surface area contributed by atoms with E-state index in [0.29, 0.717) is 12.8 Å². The molecule has 1 saturated carbocycles. The van der Waals surface area contributed by atoms with Crippen molar-refractivity contribution in [2.24, 2.45) is 11.7 Å². The highest BCUT2D eigenvalue weighted by atomic mass is 19.3. The first-order valence-electron chi connectivity index (χ1n) is 6.09. The number of alkyl halides is 2. The number of pyridine rings is 1. The second-order valence-corrected chi connectivity index (χ2v) is 4.94. The smallest absolute Gasteiger partial charge is 0.248 e. The lowest BCUT2D eigenvalue weighted by Crippen LogP contribution is -2.39. The zero-order valence-corrected chi connectivity index (χ0v) is 9.78. The first kappa shape index (κ1) is 12.4. The van der Waals surface area contributed by atoms with Crippen molar-refractivity contribution in [1.82, 2.24) is 4.98 Å². The molecule has 1 fully saturated rings. The Kier molecular flexibility index (Phi) is 3.72. The van der Waals surface area contributed by atoms with Crippen molar-refractivity contribution in [2.75, 3.05) is 0 Å². The zero-order valence-electron chi connectivity index (χ0n) is 9.78. The predicted molar refractivity (Wildman–Crippen MR) is 62.8 cm³/mol. The number of nitrogens with two attached hydrogens (primary N) is 1. The van der Waals surface area contributed by atoms with Gasteiger partial charge in [0.1, 0.15) is 0 Å². The lowest BCUT2D eigenvalue weighted by Gasteiger charge is -2.32. The average Bonchev–Trinajstić information content (AvgIpc) is 2.29. The lowest BCUT2D eigenvalue weighted by atomic mass is 9.80. The van der Waals surface area contributed by atoms with Crippen LogP contribution in [0.4, 0.5) is 8.78 Å². The maximum Gasteiger partial charge on any atom is 0.248 e. The van der Waals surface area contributed by atoms with E-state index in [-0.39, 0.29) is 24.8 Å². The molecule has 1 aliphatic rings. The fourth-order valence-corrected chi connectivity index (χ4v) is 2.53. The Bertz CT molecular complexity index is 354. The maximum absolute atomic E-state index is 13.3. The van der Waals surface area contributed by atoms with Gasteiger partial charge in [-0.05, 0) is 36.8 Å². The van der Waals surface area contributed by atoms with Crippen LogP contribution in [0.3, 0.4) is 0 Å². The summed E-state index contributed by atoms with van der Waals surface area (Å²) < 4.78 is 26.6. The van der Waals surface area contributed by atoms with Crippen molar-refractivity contribution in [3.63, 3.8) is 0 Å². The maximum atomic E-state index is 13.3. The standard InChI is InChI=1S/C13H18F2N2/c14-13(15)5-1-4-11(8-13)12(16)7-10-3-2-6-17-9-10/h2-3,6,9,11-12H,1,4-5,7-8,16H2. The highest BCUT2D eigenvalue weighted by molar-refractivity contribution is 5.10. The normalized spacial score (nSPS) is 25.5. The average molecular weight is 240 g/mol. The minimum Gasteiger partial charge on any atom is -0.327 e. The van der Waals surface area contributed by atoms with E-state index in [1.807, 2.05) is 12.1 Å². The van der Waals surface area contributed by atoms with Gasteiger partial charge in [-0.15, -0.1) is 0 Å². The summed E-state index contributed by atoms with van der Waals surface area (Å²) in [4.78, 5) is 4.01. The Morgan fingerprint density at radius 3 is 3.00 bits per heavy atom. The second-order valence-electron chi connectivity index (χ2n) is 4.94. The molecule has 2 rings (SSSR count). The van der Waals surface area contributed by atoms with Gasteiger partial charge in [0.25, 0.3) is 0 Å². The van der Waals surface area contributed by atoms with E-state index in [1.54, 1.807) is 12.4 Å². The SMILES string of the molecule is NC(Cc1cccnc1)C1CCCC(F)(F)C1. The minimum atomic E-state index is -2.52. The first-order valence-corrected chi connectivity index (χ1v) is 6.09. The molecule has 2 N–H and O–H groups in total. The number of nitrogens with zero attached hydrogens (tertiary/aromatic N) is 1. The minimum absolute atomic E-state index is 0.0170. The Balaban J connectivity index is 1.94. The fourth-order valence-electron chi connectivity index (χ4n) is 2.53. The summed E-state index contributed by atoms with van der Waals surface area (Å²) in [6.07, 6.45) is 5.44. The summed E-state index contributed by atoms with van der Waals surface area (Å²) in [6.45, 7) is 0. The van der Waals surface area contributed by atoms with Gasteiger partial charge in [0.15, 0.2) is 0 Å². The van der Waals surface area contributed by atoms with Gasteiger partial charge in [-0.25, -0.2) is 8.78 Å². The van der Waals surface area contributed by atoms with Crippen LogP contribution in [0.2, 0.25) is 0 Å². The fraction of sp³-hybridized carbons (Fsp3) is 0.615. The molecule has 0 saturated heterocycles. The molecule has 4 heteroatoms. The molecule has 2 unspecified atom stereocenters. The van der Waals surface area contributed by atoms with Crippen LogP contribution in [0, 0.1) is 5.92 Å². The van der Waals surface area contributed by atoms with Gasteiger partial charge in [0.05, 0.1) is 0 Å². The number of hydrogen-bond acceptors (Lipinski definition) is 2. The molecule has 0 radical (unpaired) electrons. The van der Waals surface area contributed by atoms with Crippen LogP contribution in [0.15, 0.2) is 24.5 Å². The van der Waals surface area contributed by atoms with Crippen molar-refractivity contribution in [3.8, 4) is 0 Å². The summed E-state index contributed by atoms with van der Waals surface area (Å²) in [5.41, 5.74) is 7.06. The molecule has 1 aliphatic carbocycles. The van der Waals surface area contributed by atoms with Crippen molar-refractivity contribution in [2.45, 2.75) is 44.1 Å². The number of halogens is 2.